The van der Waals surface area contributed by atoms with E-state index in [1.165, 1.54) is 4.88 Å². The molecule has 4 rings (SSSR count). The third kappa shape index (κ3) is 5.25. The maximum Gasteiger partial charge on any atom is 0.236 e. The largest absolute Gasteiger partial charge is 0.468 e. The molecule has 0 fully saturated rings. The maximum absolute atomic E-state index is 12.9. The topological polar surface area (TPSA) is 54.5 Å². The van der Waals surface area contributed by atoms with Crippen LogP contribution in [0.5, 0.6) is 0 Å². The van der Waals surface area contributed by atoms with E-state index in [4.69, 9.17) is 4.42 Å². The number of hydrogen-bond acceptors (Lipinski definition) is 5. The molecular formula is C23H24N4O2S. The Morgan fingerprint density at radius 3 is 2.67 bits per heavy atom. The molecule has 0 bridgehead atoms. The number of rotatable bonds is 9. The SMILES string of the molecule is CN(Cc1cnn(-c2ccccc2)c1)C(=O)CN(Cc1ccco1)Cc1cccs1. The Labute approximate surface area is 180 Å². The fourth-order valence-electron chi connectivity index (χ4n) is 3.25. The summed E-state index contributed by atoms with van der Waals surface area (Å²) in [6, 6.07) is 17.9. The molecule has 154 valence electrons. The summed E-state index contributed by atoms with van der Waals surface area (Å²) in [6.45, 7) is 2.14. The number of amides is 1. The molecule has 0 unspecified atom stereocenters. The lowest BCUT2D eigenvalue weighted by Crippen LogP contribution is -2.37. The lowest BCUT2D eigenvalue weighted by molar-refractivity contribution is -0.132. The van der Waals surface area contributed by atoms with Crippen LogP contribution < -0.4 is 0 Å². The zero-order valence-electron chi connectivity index (χ0n) is 16.8. The van der Waals surface area contributed by atoms with Gasteiger partial charge in [-0.3, -0.25) is 9.69 Å². The van der Waals surface area contributed by atoms with Gasteiger partial charge in [0.25, 0.3) is 0 Å². The molecule has 6 nitrogen and oxygen atoms in total. The zero-order valence-corrected chi connectivity index (χ0v) is 17.7. The standard InChI is InChI=1S/C23H24N4O2S/c1-25(14-19-13-24-27(15-19)20-7-3-2-4-8-20)23(28)18-26(16-21-9-5-11-29-21)17-22-10-6-12-30-22/h2-13,15H,14,16-18H2,1H3. The molecule has 0 saturated carbocycles. The summed E-state index contributed by atoms with van der Waals surface area (Å²) in [7, 11) is 1.83. The van der Waals surface area contributed by atoms with Crippen molar-refractivity contribution < 1.29 is 9.21 Å². The molecule has 0 aliphatic heterocycles. The fourth-order valence-corrected chi connectivity index (χ4v) is 4.00. The van der Waals surface area contributed by atoms with Gasteiger partial charge in [0.2, 0.25) is 5.91 Å². The third-order valence-electron chi connectivity index (χ3n) is 4.78. The zero-order chi connectivity index (χ0) is 20.8. The molecule has 0 aliphatic rings. The summed E-state index contributed by atoms with van der Waals surface area (Å²) in [5.74, 6) is 0.914. The first-order valence-electron chi connectivity index (χ1n) is 9.77. The van der Waals surface area contributed by atoms with Crippen molar-refractivity contribution in [3.05, 3.63) is 94.8 Å². The first kappa shape index (κ1) is 20.1. The highest BCUT2D eigenvalue weighted by Gasteiger charge is 2.17. The summed E-state index contributed by atoms with van der Waals surface area (Å²) in [5, 5.41) is 6.47. The van der Waals surface area contributed by atoms with Gasteiger partial charge in [-0.15, -0.1) is 11.3 Å². The Morgan fingerprint density at radius 1 is 1.07 bits per heavy atom. The number of para-hydroxylation sites is 1. The van der Waals surface area contributed by atoms with Crippen LogP contribution in [-0.2, 0) is 24.4 Å². The minimum absolute atomic E-state index is 0.0607. The van der Waals surface area contributed by atoms with Crippen LogP contribution in [0.1, 0.15) is 16.2 Å². The molecule has 3 heterocycles. The normalized spacial score (nSPS) is 11.1. The highest BCUT2D eigenvalue weighted by Crippen LogP contribution is 2.15. The van der Waals surface area contributed by atoms with Crippen LogP contribution in [0.15, 0.2) is 83.1 Å². The number of hydrogen-bond donors (Lipinski definition) is 0. The quantitative estimate of drug-likeness (QED) is 0.407. The average Bonchev–Trinajstić information content (AvgIpc) is 3.52. The average molecular weight is 421 g/mol. The highest BCUT2D eigenvalue weighted by atomic mass is 32.1. The summed E-state index contributed by atoms with van der Waals surface area (Å²) in [4.78, 5) is 18.0. The number of nitrogens with zero attached hydrogens (tertiary/aromatic N) is 4. The van der Waals surface area contributed by atoms with Gasteiger partial charge in [0.1, 0.15) is 5.76 Å². The lowest BCUT2D eigenvalue weighted by atomic mass is 10.3. The van der Waals surface area contributed by atoms with Gasteiger partial charge in [0.15, 0.2) is 0 Å². The fraction of sp³-hybridized carbons (Fsp3) is 0.217. The summed E-state index contributed by atoms with van der Waals surface area (Å²) < 4.78 is 7.32. The summed E-state index contributed by atoms with van der Waals surface area (Å²) >= 11 is 1.69. The van der Waals surface area contributed by atoms with Gasteiger partial charge in [-0.05, 0) is 35.7 Å². The molecular weight excluding hydrogens is 396 g/mol. The van der Waals surface area contributed by atoms with Crippen LogP contribution in [-0.4, -0.2) is 39.1 Å². The molecule has 0 spiro atoms. The second kappa shape index (κ2) is 9.56. The van der Waals surface area contributed by atoms with Crippen molar-refractivity contribution in [3.63, 3.8) is 0 Å². The smallest absolute Gasteiger partial charge is 0.236 e. The van der Waals surface area contributed by atoms with E-state index in [-0.39, 0.29) is 5.91 Å². The Kier molecular flexibility index (Phi) is 6.41. The number of carbonyl (C=O) groups excluding carboxylic acids is 1. The van der Waals surface area contributed by atoms with E-state index in [9.17, 15) is 4.79 Å². The van der Waals surface area contributed by atoms with E-state index in [0.717, 1.165) is 17.0 Å². The van der Waals surface area contributed by atoms with Crippen LogP contribution in [0.2, 0.25) is 0 Å². The number of aromatic nitrogens is 2. The maximum atomic E-state index is 12.9. The first-order chi connectivity index (χ1) is 14.7. The molecule has 0 saturated heterocycles. The molecule has 1 amide bonds. The van der Waals surface area contributed by atoms with E-state index < -0.39 is 0 Å². The minimum atomic E-state index is 0.0607. The number of benzene rings is 1. The van der Waals surface area contributed by atoms with Gasteiger partial charge in [-0.2, -0.15) is 5.10 Å². The highest BCUT2D eigenvalue weighted by molar-refractivity contribution is 7.09. The van der Waals surface area contributed by atoms with Crippen molar-refractivity contribution in [3.8, 4) is 5.69 Å². The van der Waals surface area contributed by atoms with Crippen molar-refractivity contribution >= 4 is 17.2 Å². The predicted molar refractivity (Wildman–Crippen MR) is 117 cm³/mol. The van der Waals surface area contributed by atoms with E-state index in [1.54, 1.807) is 22.5 Å². The van der Waals surface area contributed by atoms with Gasteiger partial charge in [0, 0.05) is 36.8 Å². The van der Waals surface area contributed by atoms with Crippen LogP contribution in [0.25, 0.3) is 5.69 Å². The van der Waals surface area contributed by atoms with E-state index in [1.807, 2.05) is 72.7 Å². The Bertz CT molecular complexity index is 1010. The Hall–Kier alpha value is -3.16. The van der Waals surface area contributed by atoms with E-state index in [2.05, 4.69) is 21.4 Å². The summed E-state index contributed by atoms with van der Waals surface area (Å²) in [6.07, 6.45) is 5.44. The van der Waals surface area contributed by atoms with Crippen molar-refractivity contribution in [2.24, 2.45) is 0 Å². The van der Waals surface area contributed by atoms with Gasteiger partial charge in [0.05, 0.1) is 31.2 Å². The molecule has 4 aromatic rings. The first-order valence-corrected chi connectivity index (χ1v) is 10.7. The van der Waals surface area contributed by atoms with Crippen LogP contribution >= 0.6 is 11.3 Å². The molecule has 0 aliphatic carbocycles. The van der Waals surface area contributed by atoms with Crippen molar-refractivity contribution in [1.82, 2.24) is 19.6 Å². The molecule has 30 heavy (non-hydrogen) atoms. The van der Waals surface area contributed by atoms with Gasteiger partial charge in [-0.1, -0.05) is 24.3 Å². The second-order valence-electron chi connectivity index (χ2n) is 7.18. The second-order valence-corrected chi connectivity index (χ2v) is 8.21. The minimum Gasteiger partial charge on any atom is -0.468 e. The van der Waals surface area contributed by atoms with E-state index in [0.29, 0.717) is 26.2 Å². The number of likely N-dealkylation sites (N-methyl/N-ethyl adjacent to an activating group) is 1. The van der Waals surface area contributed by atoms with E-state index >= 15 is 0 Å². The van der Waals surface area contributed by atoms with Crippen molar-refractivity contribution in [2.75, 3.05) is 13.6 Å². The number of furan rings is 1. The third-order valence-corrected chi connectivity index (χ3v) is 5.64. The van der Waals surface area contributed by atoms with Crippen molar-refractivity contribution in [2.45, 2.75) is 19.6 Å². The molecule has 3 aromatic heterocycles. The molecule has 7 heteroatoms. The number of thiophene rings is 1. The molecule has 1 aromatic carbocycles. The van der Waals surface area contributed by atoms with Crippen LogP contribution in [0.3, 0.4) is 0 Å². The number of carbonyl (C=O) groups is 1. The monoisotopic (exact) mass is 420 g/mol. The Morgan fingerprint density at radius 2 is 1.93 bits per heavy atom. The molecule has 0 radical (unpaired) electrons. The van der Waals surface area contributed by atoms with Crippen molar-refractivity contribution in [1.29, 1.82) is 0 Å². The molecule has 0 N–H and O–H groups in total. The predicted octanol–water partition coefficient (Wildman–Crippen LogP) is 4.19. The van der Waals surface area contributed by atoms with Crippen LogP contribution in [0, 0.1) is 0 Å². The van der Waals surface area contributed by atoms with Crippen LogP contribution in [0.4, 0.5) is 0 Å². The van der Waals surface area contributed by atoms with Gasteiger partial charge >= 0.3 is 0 Å². The van der Waals surface area contributed by atoms with Gasteiger partial charge in [-0.25, -0.2) is 4.68 Å². The summed E-state index contributed by atoms with van der Waals surface area (Å²) in [5.41, 5.74) is 1.99. The Balaban J connectivity index is 1.38. The molecule has 0 atom stereocenters. The lowest BCUT2D eigenvalue weighted by Gasteiger charge is -2.24. The van der Waals surface area contributed by atoms with Gasteiger partial charge < -0.3 is 9.32 Å².